The molecule has 0 amide bonds. The second-order valence-corrected chi connectivity index (χ2v) is 6.88. The summed E-state index contributed by atoms with van der Waals surface area (Å²) in [6.07, 6.45) is 1.07. The number of aryl methyl sites for hydroxylation is 1. The van der Waals surface area contributed by atoms with E-state index in [1.165, 1.54) is 0 Å². The summed E-state index contributed by atoms with van der Waals surface area (Å²) < 4.78 is 0.621. The van der Waals surface area contributed by atoms with E-state index in [1.807, 2.05) is 13.0 Å². The van der Waals surface area contributed by atoms with Gasteiger partial charge in [-0.1, -0.05) is 33.0 Å². The third-order valence-corrected chi connectivity index (χ3v) is 2.52. The van der Waals surface area contributed by atoms with E-state index in [9.17, 15) is 0 Å². The van der Waals surface area contributed by atoms with Crippen LogP contribution in [0.3, 0.4) is 0 Å². The molecule has 3 nitrogen and oxygen atoms in total. The summed E-state index contributed by atoms with van der Waals surface area (Å²) >= 11 is 5.11. The number of anilines is 1. The Balaban J connectivity index is 2.86. The molecule has 4 heteroatoms. The molecule has 0 saturated heterocycles. The highest BCUT2D eigenvalue weighted by molar-refractivity contribution is 7.71. The van der Waals surface area contributed by atoms with E-state index in [4.69, 9.17) is 12.2 Å². The molecule has 0 radical (unpaired) electrons. The smallest absolute Gasteiger partial charge is 0.131 e. The molecule has 0 saturated carbocycles. The topological polar surface area (TPSA) is 40.7 Å². The zero-order valence-electron chi connectivity index (χ0n) is 11.6. The van der Waals surface area contributed by atoms with E-state index in [0.29, 0.717) is 4.64 Å². The molecular formula is C13H23N3S. The van der Waals surface area contributed by atoms with Crippen LogP contribution in [0.1, 0.15) is 46.9 Å². The SMILES string of the molecule is Cc1nc(=S)cc(NC(C)(C)CC(C)(C)C)[nH]1. The van der Waals surface area contributed by atoms with Gasteiger partial charge in [0.25, 0.3) is 0 Å². The summed E-state index contributed by atoms with van der Waals surface area (Å²) in [5.74, 6) is 1.78. The molecule has 96 valence electrons. The maximum Gasteiger partial charge on any atom is 0.131 e. The molecule has 0 unspecified atom stereocenters. The Morgan fingerprint density at radius 3 is 2.35 bits per heavy atom. The molecule has 0 bridgehead atoms. The maximum atomic E-state index is 5.11. The Labute approximate surface area is 109 Å². The minimum absolute atomic E-state index is 0.0182. The summed E-state index contributed by atoms with van der Waals surface area (Å²) in [6.45, 7) is 13.1. The summed E-state index contributed by atoms with van der Waals surface area (Å²) in [5, 5.41) is 3.49. The van der Waals surface area contributed by atoms with Crippen molar-refractivity contribution in [2.24, 2.45) is 5.41 Å². The van der Waals surface area contributed by atoms with Crippen molar-refractivity contribution in [2.75, 3.05) is 5.32 Å². The van der Waals surface area contributed by atoms with E-state index >= 15 is 0 Å². The Bertz CT molecular complexity index is 441. The highest BCUT2D eigenvalue weighted by Crippen LogP contribution is 2.29. The van der Waals surface area contributed by atoms with Crippen LogP contribution in [-0.4, -0.2) is 15.5 Å². The molecule has 0 atom stereocenters. The molecule has 0 aliphatic rings. The lowest BCUT2D eigenvalue weighted by Crippen LogP contribution is -2.35. The lowest BCUT2D eigenvalue weighted by Gasteiger charge is -2.34. The van der Waals surface area contributed by atoms with Crippen molar-refractivity contribution < 1.29 is 0 Å². The fourth-order valence-corrected chi connectivity index (χ4v) is 2.64. The normalized spacial score (nSPS) is 12.6. The van der Waals surface area contributed by atoms with Crippen molar-refractivity contribution in [3.8, 4) is 0 Å². The molecule has 0 aliphatic heterocycles. The molecule has 0 aliphatic carbocycles. The van der Waals surface area contributed by atoms with Crippen LogP contribution in [0.4, 0.5) is 5.82 Å². The van der Waals surface area contributed by atoms with Gasteiger partial charge >= 0.3 is 0 Å². The van der Waals surface area contributed by atoms with Crippen LogP contribution in [0, 0.1) is 17.0 Å². The summed E-state index contributed by atoms with van der Waals surface area (Å²) in [4.78, 5) is 7.36. The van der Waals surface area contributed by atoms with E-state index in [0.717, 1.165) is 18.1 Å². The first-order valence-corrected chi connectivity index (χ1v) is 6.34. The molecule has 1 aromatic rings. The number of aromatic nitrogens is 2. The largest absolute Gasteiger partial charge is 0.367 e. The molecule has 0 spiro atoms. The quantitative estimate of drug-likeness (QED) is 0.798. The first-order valence-electron chi connectivity index (χ1n) is 5.94. The molecule has 0 fully saturated rings. The number of nitrogens with zero attached hydrogens (tertiary/aromatic N) is 1. The fourth-order valence-electron chi connectivity index (χ4n) is 2.38. The van der Waals surface area contributed by atoms with Crippen LogP contribution in [0.5, 0.6) is 0 Å². The van der Waals surface area contributed by atoms with Crippen LogP contribution in [0.2, 0.25) is 0 Å². The standard InChI is InChI=1S/C13H23N3S/c1-9-14-10(7-11(17)15-9)16-13(5,6)8-12(2,3)4/h7H,8H2,1-6H3,(H2,14,15,16,17). The Morgan fingerprint density at radius 2 is 1.88 bits per heavy atom. The van der Waals surface area contributed by atoms with E-state index in [-0.39, 0.29) is 11.0 Å². The van der Waals surface area contributed by atoms with Gasteiger partial charge in [-0.25, -0.2) is 4.98 Å². The van der Waals surface area contributed by atoms with Gasteiger partial charge < -0.3 is 10.3 Å². The van der Waals surface area contributed by atoms with Crippen molar-refractivity contribution in [1.29, 1.82) is 0 Å². The predicted molar refractivity (Wildman–Crippen MR) is 75.9 cm³/mol. The van der Waals surface area contributed by atoms with Gasteiger partial charge in [0, 0.05) is 11.6 Å². The van der Waals surface area contributed by atoms with Gasteiger partial charge in [-0.2, -0.15) is 0 Å². The number of aromatic amines is 1. The first-order chi connectivity index (χ1) is 7.57. The third kappa shape index (κ3) is 5.31. The van der Waals surface area contributed by atoms with Gasteiger partial charge in [-0.3, -0.25) is 0 Å². The number of hydrogen-bond acceptors (Lipinski definition) is 3. The van der Waals surface area contributed by atoms with Crippen molar-refractivity contribution in [2.45, 2.75) is 53.5 Å². The minimum atomic E-state index is 0.0182. The molecule has 1 rings (SSSR count). The fraction of sp³-hybridized carbons (Fsp3) is 0.692. The highest BCUT2D eigenvalue weighted by atomic mass is 32.1. The Morgan fingerprint density at radius 1 is 1.29 bits per heavy atom. The van der Waals surface area contributed by atoms with Crippen LogP contribution in [-0.2, 0) is 0 Å². The summed E-state index contributed by atoms with van der Waals surface area (Å²) in [7, 11) is 0. The lowest BCUT2D eigenvalue weighted by molar-refractivity contribution is 0.302. The molecule has 17 heavy (non-hydrogen) atoms. The van der Waals surface area contributed by atoms with Crippen molar-refractivity contribution in [1.82, 2.24) is 9.97 Å². The van der Waals surface area contributed by atoms with Crippen molar-refractivity contribution in [3.63, 3.8) is 0 Å². The molecule has 0 aromatic carbocycles. The van der Waals surface area contributed by atoms with Gasteiger partial charge in [0.2, 0.25) is 0 Å². The lowest BCUT2D eigenvalue weighted by atomic mass is 9.82. The highest BCUT2D eigenvalue weighted by Gasteiger charge is 2.25. The Hall–Kier alpha value is -0.900. The van der Waals surface area contributed by atoms with E-state index in [2.05, 4.69) is 49.9 Å². The predicted octanol–water partition coefficient (Wildman–Crippen LogP) is 4.07. The number of hydrogen-bond donors (Lipinski definition) is 2. The zero-order valence-corrected chi connectivity index (χ0v) is 12.5. The van der Waals surface area contributed by atoms with E-state index < -0.39 is 0 Å². The van der Waals surface area contributed by atoms with Gasteiger partial charge in [-0.15, -0.1) is 0 Å². The molecular weight excluding hydrogens is 230 g/mol. The third-order valence-electron chi connectivity index (χ3n) is 2.31. The number of nitrogens with one attached hydrogen (secondary N) is 2. The summed E-state index contributed by atoms with van der Waals surface area (Å²) in [5.41, 5.74) is 0.305. The second-order valence-electron chi connectivity index (χ2n) is 6.46. The van der Waals surface area contributed by atoms with Gasteiger partial charge in [0.15, 0.2) is 0 Å². The minimum Gasteiger partial charge on any atom is -0.367 e. The van der Waals surface area contributed by atoms with Crippen LogP contribution in [0.25, 0.3) is 0 Å². The summed E-state index contributed by atoms with van der Waals surface area (Å²) in [6, 6.07) is 1.87. The number of H-pyrrole nitrogens is 1. The second kappa shape index (κ2) is 4.77. The number of rotatable bonds is 3. The van der Waals surface area contributed by atoms with E-state index in [1.54, 1.807) is 0 Å². The average molecular weight is 253 g/mol. The van der Waals surface area contributed by atoms with Crippen LogP contribution in [0.15, 0.2) is 6.07 Å². The van der Waals surface area contributed by atoms with Crippen LogP contribution < -0.4 is 5.32 Å². The maximum absolute atomic E-state index is 5.11. The zero-order chi connectivity index (χ0) is 13.3. The Kier molecular flexibility index (Phi) is 3.97. The molecule has 1 aromatic heterocycles. The van der Waals surface area contributed by atoms with Gasteiger partial charge in [0.1, 0.15) is 16.3 Å². The van der Waals surface area contributed by atoms with Gasteiger partial charge in [0.05, 0.1) is 0 Å². The van der Waals surface area contributed by atoms with Crippen molar-refractivity contribution >= 4 is 18.0 Å². The molecule has 2 N–H and O–H groups in total. The van der Waals surface area contributed by atoms with Crippen molar-refractivity contribution in [3.05, 3.63) is 16.5 Å². The first kappa shape index (κ1) is 14.2. The average Bonchev–Trinajstić information content (AvgIpc) is 1.93. The molecule has 1 heterocycles. The van der Waals surface area contributed by atoms with Gasteiger partial charge in [-0.05, 0) is 32.6 Å². The van der Waals surface area contributed by atoms with Crippen LogP contribution >= 0.6 is 12.2 Å². The monoisotopic (exact) mass is 253 g/mol.